The molecule has 0 saturated carbocycles. The predicted octanol–water partition coefficient (Wildman–Crippen LogP) is 4.04. The molecule has 0 radical (unpaired) electrons. The molecule has 6 heteroatoms. The molecule has 1 fully saturated rings. The van der Waals surface area contributed by atoms with Gasteiger partial charge in [0, 0.05) is 18.6 Å². The van der Waals surface area contributed by atoms with Crippen LogP contribution in [0.1, 0.15) is 74.1 Å². The molecule has 3 atom stereocenters. The first-order chi connectivity index (χ1) is 12.3. The molecular formula is C21H38N2O4. The van der Waals surface area contributed by atoms with E-state index >= 15 is 0 Å². The number of carbonyl (C=O) groups excluding carboxylic acids is 2. The van der Waals surface area contributed by atoms with Crippen LogP contribution in [0.4, 0.5) is 4.79 Å². The summed E-state index contributed by atoms with van der Waals surface area (Å²) in [7, 11) is 0. The molecule has 156 valence electrons. The third kappa shape index (κ3) is 8.33. The van der Waals surface area contributed by atoms with Crippen LogP contribution in [0.15, 0.2) is 12.7 Å². The Hall–Kier alpha value is -1.56. The van der Waals surface area contributed by atoms with Crippen molar-refractivity contribution in [3.05, 3.63) is 12.7 Å². The number of amides is 1. The Labute approximate surface area is 164 Å². The minimum atomic E-state index is -0.547. The minimum Gasteiger partial charge on any atom is -0.459 e. The summed E-state index contributed by atoms with van der Waals surface area (Å²) < 4.78 is 11.1. The van der Waals surface area contributed by atoms with E-state index in [1.807, 2.05) is 52.5 Å². The molecule has 0 aromatic heterocycles. The van der Waals surface area contributed by atoms with E-state index in [1.54, 1.807) is 6.92 Å². The van der Waals surface area contributed by atoms with Gasteiger partial charge in [-0.15, -0.1) is 6.58 Å². The van der Waals surface area contributed by atoms with E-state index in [9.17, 15) is 9.59 Å². The zero-order valence-corrected chi connectivity index (χ0v) is 18.1. The van der Waals surface area contributed by atoms with Crippen molar-refractivity contribution >= 4 is 12.1 Å². The van der Waals surface area contributed by atoms with Gasteiger partial charge < -0.3 is 19.7 Å². The van der Waals surface area contributed by atoms with Gasteiger partial charge in [-0.05, 0) is 74.1 Å². The molecule has 0 spiro atoms. The number of ether oxygens (including phenoxy) is 2. The molecule has 27 heavy (non-hydrogen) atoms. The van der Waals surface area contributed by atoms with Gasteiger partial charge in [0.15, 0.2) is 0 Å². The molecule has 1 aliphatic rings. The van der Waals surface area contributed by atoms with Crippen LogP contribution in [0, 0.1) is 0 Å². The number of piperidine rings is 1. The van der Waals surface area contributed by atoms with Gasteiger partial charge in [0.2, 0.25) is 0 Å². The number of hydrogen-bond donors (Lipinski definition) is 1. The van der Waals surface area contributed by atoms with Crippen LogP contribution >= 0.6 is 0 Å². The zero-order chi connectivity index (χ0) is 20.8. The normalized spacial score (nSPS) is 22.1. The second-order valence-corrected chi connectivity index (χ2v) is 9.31. The summed E-state index contributed by atoms with van der Waals surface area (Å²) in [4.78, 5) is 26.9. The molecule has 0 aromatic carbocycles. The molecule has 1 N–H and O–H groups in total. The van der Waals surface area contributed by atoms with Crippen LogP contribution in [0.2, 0.25) is 0 Å². The summed E-state index contributed by atoms with van der Waals surface area (Å²) in [6, 6.07) is -0.386. The minimum absolute atomic E-state index is 0.0246. The van der Waals surface area contributed by atoms with Crippen molar-refractivity contribution in [2.45, 2.75) is 103 Å². The Morgan fingerprint density at radius 1 is 1.11 bits per heavy atom. The molecule has 1 saturated heterocycles. The number of carbonyl (C=O) groups is 2. The fourth-order valence-electron chi connectivity index (χ4n) is 3.19. The maximum atomic E-state index is 12.8. The fraction of sp³-hybridized carbons (Fsp3) is 0.810. The standard InChI is InChI=1S/C21H38N2O4/c1-9-11-16-12-10-13-17(23(16)19(25)27-21(6,7)8)14-22-15(2)18(24)26-20(3,4)5/h9,15-17,22H,1,10-14H2,2-8H3/t15-,16?,17+/m0/s1. The molecule has 6 nitrogen and oxygen atoms in total. The summed E-state index contributed by atoms with van der Waals surface area (Å²) in [5.74, 6) is -0.287. The van der Waals surface area contributed by atoms with E-state index in [4.69, 9.17) is 9.47 Å². The first-order valence-corrected chi connectivity index (χ1v) is 9.92. The van der Waals surface area contributed by atoms with E-state index in [0.717, 1.165) is 25.7 Å². The van der Waals surface area contributed by atoms with Gasteiger partial charge >= 0.3 is 12.1 Å². The van der Waals surface area contributed by atoms with E-state index in [0.29, 0.717) is 6.54 Å². The number of esters is 1. The van der Waals surface area contributed by atoms with Crippen LogP contribution < -0.4 is 5.32 Å². The van der Waals surface area contributed by atoms with E-state index in [-0.39, 0.29) is 24.1 Å². The van der Waals surface area contributed by atoms with Gasteiger partial charge in [0.05, 0.1) is 0 Å². The van der Waals surface area contributed by atoms with Crippen molar-refractivity contribution in [2.75, 3.05) is 6.54 Å². The Morgan fingerprint density at radius 3 is 2.19 bits per heavy atom. The van der Waals surface area contributed by atoms with Crippen LogP contribution in [-0.4, -0.2) is 52.8 Å². The van der Waals surface area contributed by atoms with Crippen LogP contribution in [0.5, 0.6) is 0 Å². The lowest BCUT2D eigenvalue weighted by atomic mass is 9.93. The Balaban J connectivity index is 2.80. The quantitative estimate of drug-likeness (QED) is 0.555. The van der Waals surface area contributed by atoms with E-state index in [2.05, 4.69) is 11.9 Å². The number of rotatable bonds is 6. The molecular weight excluding hydrogens is 344 g/mol. The fourth-order valence-corrected chi connectivity index (χ4v) is 3.19. The highest BCUT2D eigenvalue weighted by atomic mass is 16.6. The highest BCUT2D eigenvalue weighted by Gasteiger charge is 2.36. The van der Waals surface area contributed by atoms with Crippen molar-refractivity contribution in [1.82, 2.24) is 10.2 Å². The highest BCUT2D eigenvalue weighted by Crippen LogP contribution is 2.27. The van der Waals surface area contributed by atoms with Crippen molar-refractivity contribution in [3.63, 3.8) is 0 Å². The third-order valence-electron chi connectivity index (χ3n) is 4.32. The second kappa shape index (κ2) is 9.58. The van der Waals surface area contributed by atoms with Crippen LogP contribution in [0.25, 0.3) is 0 Å². The maximum Gasteiger partial charge on any atom is 0.410 e. The van der Waals surface area contributed by atoms with Gasteiger partial charge in [-0.3, -0.25) is 4.79 Å². The predicted molar refractivity (Wildman–Crippen MR) is 108 cm³/mol. The third-order valence-corrected chi connectivity index (χ3v) is 4.32. The maximum absolute atomic E-state index is 12.8. The molecule has 1 amide bonds. The summed E-state index contributed by atoms with van der Waals surface area (Å²) in [6.45, 7) is 17.3. The molecule has 1 rings (SSSR count). The van der Waals surface area contributed by atoms with Crippen molar-refractivity contribution in [2.24, 2.45) is 0 Å². The second-order valence-electron chi connectivity index (χ2n) is 9.31. The molecule has 1 heterocycles. The first-order valence-electron chi connectivity index (χ1n) is 9.92. The van der Waals surface area contributed by atoms with Crippen LogP contribution in [0.3, 0.4) is 0 Å². The number of nitrogens with one attached hydrogen (secondary N) is 1. The lowest BCUT2D eigenvalue weighted by molar-refractivity contribution is -0.157. The topological polar surface area (TPSA) is 67.9 Å². The van der Waals surface area contributed by atoms with Crippen molar-refractivity contribution < 1.29 is 19.1 Å². The summed E-state index contributed by atoms with van der Waals surface area (Å²) in [5, 5.41) is 3.24. The summed E-state index contributed by atoms with van der Waals surface area (Å²) in [6.07, 6.45) is 5.12. The lowest BCUT2D eigenvalue weighted by Gasteiger charge is -2.42. The number of hydrogen-bond acceptors (Lipinski definition) is 5. The largest absolute Gasteiger partial charge is 0.459 e. The summed E-state index contributed by atoms with van der Waals surface area (Å²) >= 11 is 0. The van der Waals surface area contributed by atoms with Gasteiger partial charge in [-0.1, -0.05) is 6.08 Å². The molecule has 1 unspecified atom stereocenters. The van der Waals surface area contributed by atoms with E-state index < -0.39 is 17.2 Å². The first kappa shape index (κ1) is 23.5. The van der Waals surface area contributed by atoms with E-state index in [1.165, 1.54) is 0 Å². The molecule has 0 aromatic rings. The zero-order valence-electron chi connectivity index (χ0n) is 18.1. The monoisotopic (exact) mass is 382 g/mol. The van der Waals surface area contributed by atoms with Crippen molar-refractivity contribution in [3.8, 4) is 0 Å². The highest BCUT2D eigenvalue weighted by molar-refractivity contribution is 5.75. The Morgan fingerprint density at radius 2 is 1.67 bits per heavy atom. The molecule has 0 bridgehead atoms. The molecule has 0 aliphatic carbocycles. The van der Waals surface area contributed by atoms with Crippen LogP contribution in [-0.2, 0) is 14.3 Å². The Kier molecular flexibility index (Phi) is 8.33. The lowest BCUT2D eigenvalue weighted by Crippen LogP contribution is -2.56. The van der Waals surface area contributed by atoms with Gasteiger partial charge in [-0.2, -0.15) is 0 Å². The average molecular weight is 383 g/mol. The number of nitrogens with zero attached hydrogens (tertiary/aromatic N) is 1. The van der Waals surface area contributed by atoms with Gasteiger partial charge in [-0.25, -0.2) is 4.79 Å². The van der Waals surface area contributed by atoms with Gasteiger partial charge in [0.25, 0.3) is 0 Å². The summed E-state index contributed by atoms with van der Waals surface area (Å²) in [5.41, 5.74) is -1.06. The average Bonchev–Trinajstić information content (AvgIpc) is 2.49. The van der Waals surface area contributed by atoms with Crippen molar-refractivity contribution in [1.29, 1.82) is 0 Å². The number of likely N-dealkylation sites (tertiary alicyclic amines) is 1. The SMILES string of the molecule is C=CCC1CCC[C@H](CN[C@@H](C)C(=O)OC(C)(C)C)N1C(=O)OC(C)(C)C. The molecule has 1 aliphatic heterocycles. The van der Waals surface area contributed by atoms with Gasteiger partial charge in [0.1, 0.15) is 17.2 Å². The smallest absolute Gasteiger partial charge is 0.410 e. The Bertz CT molecular complexity index is 519.